The van der Waals surface area contributed by atoms with Crippen LogP contribution in [-0.2, 0) is 6.42 Å². The first-order valence-corrected chi connectivity index (χ1v) is 7.02. The van der Waals surface area contributed by atoms with E-state index in [0.717, 1.165) is 30.8 Å². The fourth-order valence-corrected chi connectivity index (χ4v) is 2.89. The molecule has 100 valence electrons. The van der Waals surface area contributed by atoms with Crippen LogP contribution in [0, 0.1) is 0 Å². The summed E-state index contributed by atoms with van der Waals surface area (Å²) in [6.45, 7) is 0.989. The number of fused-ring (bicyclic) bond motifs is 2. The number of benzene rings is 1. The topological polar surface area (TPSA) is 53.6 Å². The maximum Gasteiger partial charge on any atom is 0.0943 e. The van der Waals surface area contributed by atoms with Crippen molar-refractivity contribution in [2.75, 3.05) is 6.54 Å². The van der Waals surface area contributed by atoms with Gasteiger partial charge in [-0.2, -0.15) is 0 Å². The van der Waals surface area contributed by atoms with Gasteiger partial charge in [0.1, 0.15) is 0 Å². The third-order valence-electron chi connectivity index (χ3n) is 3.92. The van der Waals surface area contributed by atoms with Crippen molar-refractivity contribution in [1.82, 2.24) is 20.3 Å². The number of rotatable bonds is 1. The number of nitrogens with zero attached hydrogens (tertiary/aromatic N) is 2. The van der Waals surface area contributed by atoms with Crippen LogP contribution in [0.15, 0.2) is 42.9 Å². The molecule has 3 aromatic rings. The second-order valence-corrected chi connectivity index (χ2v) is 5.21. The van der Waals surface area contributed by atoms with Crippen LogP contribution in [0.4, 0.5) is 0 Å². The first kappa shape index (κ1) is 11.6. The van der Waals surface area contributed by atoms with Gasteiger partial charge >= 0.3 is 0 Å². The predicted molar refractivity (Wildman–Crippen MR) is 78.5 cm³/mol. The average molecular weight is 264 g/mol. The summed E-state index contributed by atoms with van der Waals surface area (Å²) >= 11 is 0. The highest BCUT2D eigenvalue weighted by Gasteiger charge is 2.23. The monoisotopic (exact) mass is 264 g/mol. The molecule has 1 unspecified atom stereocenters. The molecule has 2 aromatic heterocycles. The average Bonchev–Trinajstić information content (AvgIpc) is 2.86. The van der Waals surface area contributed by atoms with Crippen molar-refractivity contribution in [2.24, 2.45) is 0 Å². The molecule has 4 heteroatoms. The summed E-state index contributed by atoms with van der Waals surface area (Å²) in [4.78, 5) is 12.4. The van der Waals surface area contributed by atoms with E-state index >= 15 is 0 Å². The minimum atomic E-state index is 0.0864. The van der Waals surface area contributed by atoms with Crippen LogP contribution in [0.3, 0.4) is 0 Å². The van der Waals surface area contributed by atoms with Gasteiger partial charge in [0.25, 0.3) is 0 Å². The van der Waals surface area contributed by atoms with Gasteiger partial charge in [-0.05, 0) is 30.8 Å². The number of aromatic nitrogens is 3. The summed E-state index contributed by atoms with van der Waals surface area (Å²) in [6, 6.07) is 10.6. The van der Waals surface area contributed by atoms with Gasteiger partial charge < -0.3 is 10.3 Å². The van der Waals surface area contributed by atoms with Gasteiger partial charge in [0.05, 0.1) is 23.8 Å². The standard InChI is InChI=1S/C16H16N4/c1-2-5-12-9-18-14(8-11(12)4-1)16-15-13(19-10-20-15)6-3-7-17-16/h1-2,4-5,8-10,16-17H,3,6-7H2,(H,19,20). The highest BCUT2D eigenvalue weighted by Crippen LogP contribution is 2.26. The molecule has 0 amide bonds. The van der Waals surface area contributed by atoms with Crippen molar-refractivity contribution in [1.29, 1.82) is 0 Å². The Bertz CT molecular complexity index is 747. The van der Waals surface area contributed by atoms with E-state index in [0.29, 0.717) is 0 Å². The maximum absolute atomic E-state index is 4.63. The Hall–Kier alpha value is -2.20. The molecule has 0 bridgehead atoms. The molecule has 20 heavy (non-hydrogen) atoms. The number of nitrogens with one attached hydrogen (secondary N) is 2. The van der Waals surface area contributed by atoms with Crippen LogP contribution in [0.25, 0.3) is 10.8 Å². The quantitative estimate of drug-likeness (QED) is 0.710. The van der Waals surface area contributed by atoms with Gasteiger partial charge in [0.2, 0.25) is 0 Å². The number of pyridine rings is 1. The zero-order valence-electron chi connectivity index (χ0n) is 11.1. The molecule has 0 saturated heterocycles. The summed E-state index contributed by atoms with van der Waals surface area (Å²) in [6.07, 6.45) is 5.90. The van der Waals surface area contributed by atoms with Crippen LogP contribution in [0.1, 0.15) is 29.5 Å². The molecule has 1 aliphatic heterocycles. The van der Waals surface area contributed by atoms with E-state index in [1.165, 1.54) is 16.5 Å². The highest BCUT2D eigenvalue weighted by atomic mass is 15.0. The van der Waals surface area contributed by atoms with Crippen molar-refractivity contribution in [3.63, 3.8) is 0 Å². The van der Waals surface area contributed by atoms with Crippen LogP contribution >= 0.6 is 0 Å². The largest absolute Gasteiger partial charge is 0.348 e. The number of aromatic amines is 1. The predicted octanol–water partition coefficient (Wildman–Crippen LogP) is 2.58. The molecule has 0 spiro atoms. The summed E-state index contributed by atoms with van der Waals surface area (Å²) in [5, 5.41) is 5.96. The third kappa shape index (κ3) is 1.89. The lowest BCUT2D eigenvalue weighted by molar-refractivity contribution is 0.589. The van der Waals surface area contributed by atoms with E-state index in [2.05, 4.69) is 44.5 Å². The number of hydrogen-bond donors (Lipinski definition) is 2. The summed E-state index contributed by atoms with van der Waals surface area (Å²) in [5.74, 6) is 0. The Morgan fingerprint density at radius 2 is 2.00 bits per heavy atom. The SMILES string of the molecule is c1ccc2cc(C3NCCCc4[nH]cnc43)ncc2c1. The lowest BCUT2D eigenvalue weighted by Gasteiger charge is -2.15. The van der Waals surface area contributed by atoms with Crippen molar-refractivity contribution < 1.29 is 0 Å². The molecule has 1 atom stereocenters. The Balaban J connectivity index is 1.82. The second-order valence-electron chi connectivity index (χ2n) is 5.21. The third-order valence-corrected chi connectivity index (χ3v) is 3.92. The van der Waals surface area contributed by atoms with Gasteiger partial charge in [-0.1, -0.05) is 24.3 Å². The van der Waals surface area contributed by atoms with Crippen molar-refractivity contribution >= 4 is 10.8 Å². The van der Waals surface area contributed by atoms with E-state index in [9.17, 15) is 0 Å². The Kier molecular flexibility index (Phi) is 2.74. The van der Waals surface area contributed by atoms with Crippen LogP contribution < -0.4 is 5.32 Å². The van der Waals surface area contributed by atoms with Gasteiger partial charge in [-0.25, -0.2) is 4.98 Å². The molecule has 0 saturated carbocycles. The first-order chi connectivity index (χ1) is 9.92. The lowest BCUT2D eigenvalue weighted by atomic mass is 10.0. The Labute approximate surface area is 117 Å². The summed E-state index contributed by atoms with van der Waals surface area (Å²) < 4.78 is 0. The smallest absolute Gasteiger partial charge is 0.0943 e. The molecule has 4 rings (SSSR count). The van der Waals surface area contributed by atoms with Crippen LogP contribution in [0.5, 0.6) is 0 Å². The van der Waals surface area contributed by atoms with Crippen molar-refractivity contribution in [3.8, 4) is 0 Å². The lowest BCUT2D eigenvalue weighted by Crippen LogP contribution is -2.23. The normalized spacial score (nSPS) is 18.7. The minimum absolute atomic E-state index is 0.0864. The van der Waals surface area contributed by atoms with Gasteiger partial charge in [0, 0.05) is 17.3 Å². The molecular formula is C16H16N4. The summed E-state index contributed by atoms with van der Waals surface area (Å²) in [7, 11) is 0. The van der Waals surface area contributed by atoms with Crippen molar-refractivity contribution in [2.45, 2.75) is 18.9 Å². The Morgan fingerprint density at radius 1 is 1.10 bits per heavy atom. The zero-order chi connectivity index (χ0) is 13.4. The van der Waals surface area contributed by atoms with Crippen molar-refractivity contribution in [3.05, 3.63) is 59.9 Å². The molecule has 3 heterocycles. The van der Waals surface area contributed by atoms with Gasteiger partial charge in [-0.3, -0.25) is 4.98 Å². The van der Waals surface area contributed by atoms with E-state index in [-0.39, 0.29) is 6.04 Å². The van der Waals surface area contributed by atoms with E-state index < -0.39 is 0 Å². The van der Waals surface area contributed by atoms with Crippen LogP contribution in [-0.4, -0.2) is 21.5 Å². The van der Waals surface area contributed by atoms with E-state index in [1.54, 1.807) is 6.33 Å². The van der Waals surface area contributed by atoms with Gasteiger partial charge in [0.15, 0.2) is 0 Å². The zero-order valence-corrected chi connectivity index (χ0v) is 11.1. The molecule has 1 aromatic carbocycles. The molecule has 0 aliphatic carbocycles. The number of H-pyrrole nitrogens is 1. The number of imidazole rings is 1. The molecule has 0 radical (unpaired) electrons. The second kappa shape index (κ2) is 4.72. The number of aryl methyl sites for hydroxylation is 1. The van der Waals surface area contributed by atoms with Gasteiger partial charge in [-0.15, -0.1) is 0 Å². The molecule has 0 fully saturated rings. The summed E-state index contributed by atoms with van der Waals surface area (Å²) in [5.41, 5.74) is 3.36. The molecule has 2 N–H and O–H groups in total. The molecule has 1 aliphatic rings. The fraction of sp³-hybridized carbons (Fsp3) is 0.250. The number of hydrogen-bond acceptors (Lipinski definition) is 3. The fourth-order valence-electron chi connectivity index (χ4n) is 2.89. The van der Waals surface area contributed by atoms with E-state index in [1.807, 2.05) is 12.3 Å². The molecule has 4 nitrogen and oxygen atoms in total. The van der Waals surface area contributed by atoms with E-state index in [4.69, 9.17) is 0 Å². The highest BCUT2D eigenvalue weighted by molar-refractivity contribution is 5.81. The molecular weight excluding hydrogens is 248 g/mol. The first-order valence-electron chi connectivity index (χ1n) is 7.02. The maximum atomic E-state index is 4.63. The Morgan fingerprint density at radius 3 is 2.95 bits per heavy atom. The van der Waals surface area contributed by atoms with Crippen LogP contribution in [0.2, 0.25) is 0 Å². The minimum Gasteiger partial charge on any atom is -0.348 e.